The highest BCUT2D eigenvalue weighted by molar-refractivity contribution is 5.77. The van der Waals surface area contributed by atoms with E-state index in [0.717, 1.165) is 36.5 Å². The minimum Gasteiger partial charge on any atom is -0.491 e. The first-order chi connectivity index (χ1) is 9.65. The van der Waals surface area contributed by atoms with E-state index in [2.05, 4.69) is 17.6 Å². The third-order valence-corrected chi connectivity index (χ3v) is 3.27. The molecular formula is C16H25N3O. The van der Waals surface area contributed by atoms with Crippen LogP contribution in [0.1, 0.15) is 39.4 Å². The highest BCUT2D eigenvalue weighted by Crippen LogP contribution is 2.23. The van der Waals surface area contributed by atoms with Crippen LogP contribution in [0.3, 0.4) is 0 Å². The quantitative estimate of drug-likeness (QED) is 0.844. The second-order valence-electron chi connectivity index (χ2n) is 5.39. The average molecular weight is 275 g/mol. The van der Waals surface area contributed by atoms with Crippen LogP contribution in [0.5, 0.6) is 5.75 Å². The van der Waals surface area contributed by atoms with Crippen LogP contribution >= 0.6 is 0 Å². The van der Waals surface area contributed by atoms with E-state index in [4.69, 9.17) is 15.5 Å². The molecule has 1 aromatic carbocycles. The Morgan fingerprint density at radius 1 is 1.35 bits per heavy atom. The molecule has 0 aliphatic rings. The third-order valence-electron chi connectivity index (χ3n) is 3.27. The van der Waals surface area contributed by atoms with Gasteiger partial charge in [-0.1, -0.05) is 13.3 Å². The number of nitrogens with two attached hydrogens (primary N) is 1. The van der Waals surface area contributed by atoms with Crippen LogP contribution in [0.15, 0.2) is 18.2 Å². The molecule has 0 amide bonds. The predicted molar refractivity (Wildman–Crippen MR) is 83.2 cm³/mol. The van der Waals surface area contributed by atoms with E-state index in [-0.39, 0.29) is 6.10 Å². The van der Waals surface area contributed by atoms with Gasteiger partial charge >= 0.3 is 0 Å². The molecule has 0 atom stereocenters. The Bertz CT molecular complexity index is 560. The summed E-state index contributed by atoms with van der Waals surface area (Å²) in [6.07, 6.45) is 3.33. The summed E-state index contributed by atoms with van der Waals surface area (Å²) in [4.78, 5) is 4.73. The van der Waals surface area contributed by atoms with Gasteiger partial charge in [0, 0.05) is 19.0 Å². The molecule has 1 aromatic heterocycles. The van der Waals surface area contributed by atoms with Crippen molar-refractivity contribution in [2.45, 2.75) is 52.7 Å². The summed E-state index contributed by atoms with van der Waals surface area (Å²) < 4.78 is 8.04. The number of rotatable bonds is 7. The molecule has 0 radical (unpaired) electrons. The molecule has 1 heterocycles. The van der Waals surface area contributed by atoms with Crippen LogP contribution < -0.4 is 10.5 Å². The molecule has 2 rings (SSSR count). The smallest absolute Gasteiger partial charge is 0.121 e. The van der Waals surface area contributed by atoms with Gasteiger partial charge in [-0.05, 0) is 38.9 Å². The third kappa shape index (κ3) is 3.31. The van der Waals surface area contributed by atoms with Crippen LogP contribution in [-0.2, 0) is 13.0 Å². The maximum atomic E-state index is 5.74. The van der Waals surface area contributed by atoms with Gasteiger partial charge in [0.25, 0.3) is 0 Å². The minimum atomic E-state index is 0.179. The summed E-state index contributed by atoms with van der Waals surface area (Å²) in [6.45, 7) is 7.90. The number of hydrogen-bond acceptors (Lipinski definition) is 3. The molecule has 0 aliphatic heterocycles. The van der Waals surface area contributed by atoms with Gasteiger partial charge in [-0.2, -0.15) is 0 Å². The Morgan fingerprint density at radius 3 is 2.80 bits per heavy atom. The highest BCUT2D eigenvalue weighted by atomic mass is 16.5. The van der Waals surface area contributed by atoms with Crippen LogP contribution in [0.4, 0.5) is 0 Å². The Hall–Kier alpha value is -1.55. The van der Waals surface area contributed by atoms with Crippen molar-refractivity contribution in [2.24, 2.45) is 5.73 Å². The average Bonchev–Trinajstić information content (AvgIpc) is 2.73. The van der Waals surface area contributed by atoms with Crippen molar-refractivity contribution in [2.75, 3.05) is 6.54 Å². The zero-order chi connectivity index (χ0) is 14.5. The molecule has 0 spiro atoms. The van der Waals surface area contributed by atoms with Gasteiger partial charge in [-0.15, -0.1) is 0 Å². The molecule has 2 aromatic rings. The summed E-state index contributed by atoms with van der Waals surface area (Å²) in [5, 5.41) is 0. The van der Waals surface area contributed by atoms with E-state index < -0.39 is 0 Å². The molecule has 2 N–H and O–H groups in total. The Kier molecular flexibility index (Phi) is 5.01. The number of fused-ring (bicyclic) bond motifs is 1. The van der Waals surface area contributed by atoms with Crippen molar-refractivity contribution in [3.8, 4) is 5.75 Å². The Morgan fingerprint density at radius 2 is 2.15 bits per heavy atom. The molecular weight excluding hydrogens is 250 g/mol. The lowest BCUT2D eigenvalue weighted by molar-refractivity contribution is 0.242. The van der Waals surface area contributed by atoms with Crippen molar-refractivity contribution < 1.29 is 4.74 Å². The molecule has 110 valence electrons. The summed E-state index contributed by atoms with van der Waals surface area (Å²) in [5.74, 6) is 1.96. The lowest BCUT2D eigenvalue weighted by atomic mass is 10.2. The van der Waals surface area contributed by atoms with Crippen molar-refractivity contribution in [1.29, 1.82) is 0 Å². The molecule has 0 bridgehead atoms. The van der Waals surface area contributed by atoms with E-state index in [1.807, 2.05) is 26.0 Å². The summed E-state index contributed by atoms with van der Waals surface area (Å²) in [6, 6.07) is 6.16. The second-order valence-corrected chi connectivity index (χ2v) is 5.39. The molecule has 0 saturated carbocycles. The molecule has 0 fully saturated rings. The van der Waals surface area contributed by atoms with E-state index in [1.54, 1.807) is 0 Å². The van der Waals surface area contributed by atoms with Crippen LogP contribution in [-0.4, -0.2) is 22.2 Å². The van der Waals surface area contributed by atoms with E-state index >= 15 is 0 Å². The van der Waals surface area contributed by atoms with Crippen molar-refractivity contribution in [1.82, 2.24) is 9.55 Å². The number of benzene rings is 1. The minimum absolute atomic E-state index is 0.179. The lowest BCUT2D eigenvalue weighted by Gasteiger charge is -2.10. The maximum absolute atomic E-state index is 5.74. The number of nitrogens with zero attached hydrogens (tertiary/aromatic N) is 2. The Labute approximate surface area is 120 Å². The normalized spacial score (nSPS) is 11.4. The molecule has 20 heavy (non-hydrogen) atoms. The number of aromatic nitrogens is 2. The first-order valence-corrected chi connectivity index (χ1v) is 7.51. The SMILES string of the molecule is CCCCn1c(CCN)nc2cc(OC(C)C)ccc21. The Balaban J connectivity index is 2.38. The van der Waals surface area contributed by atoms with Gasteiger partial charge in [0.2, 0.25) is 0 Å². The van der Waals surface area contributed by atoms with Crippen molar-refractivity contribution in [3.63, 3.8) is 0 Å². The summed E-state index contributed by atoms with van der Waals surface area (Å²) in [5.41, 5.74) is 7.88. The molecule has 4 nitrogen and oxygen atoms in total. The van der Waals surface area contributed by atoms with E-state index in [9.17, 15) is 0 Å². The number of unbranched alkanes of at least 4 members (excludes halogenated alkanes) is 1. The van der Waals surface area contributed by atoms with Crippen LogP contribution in [0.2, 0.25) is 0 Å². The predicted octanol–water partition coefficient (Wildman–Crippen LogP) is 3.12. The number of imidazole rings is 1. The van der Waals surface area contributed by atoms with Gasteiger partial charge < -0.3 is 15.0 Å². The number of hydrogen-bond donors (Lipinski definition) is 1. The lowest BCUT2D eigenvalue weighted by Crippen LogP contribution is -2.10. The fourth-order valence-electron chi connectivity index (χ4n) is 2.39. The summed E-state index contributed by atoms with van der Waals surface area (Å²) in [7, 11) is 0. The zero-order valence-electron chi connectivity index (χ0n) is 12.7. The van der Waals surface area contributed by atoms with Crippen molar-refractivity contribution in [3.05, 3.63) is 24.0 Å². The fraction of sp³-hybridized carbons (Fsp3) is 0.562. The highest BCUT2D eigenvalue weighted by Gasteiger charge is 2.11. The maximum Gasteiger partial charge on any atom is 0.121 e. The van der Waals surface area contributed by atoms with Gasteiger partial charge in [-0.3, -0.25) is 0 Å². The molecule has 4 heteroatoms. The monoisotopic (exact) mass is 275 g/mol. The molecule has 0 unspecified atom stereocenters. The fourth-order valence-corrected chi connectivity index (χ4v) is 2.39. The first kappa shape index (κ1) is 14.9. The van der Waals surface area contributed by atoms with Crippen molar-refractivity contribution >= 4 is 11.0 Å². The largest absolute Gasteiger partial charge is 0.491 e. The molecule has 0 aliphatic carbocycles. The van der Waals surface area contributed by atoms with E-state index in [0.29, 0.717) is 6.54 Å². The molecule has 0 saturated heterocycles. The van der Waals surface area contributed by atoms with Gasteiger partial charge in [0.1, 0.15) is 11.6 Å². The standard InChI is InChI=1S/C16H25N3O/c1-4-5-10-19-15-7-6-13(20-12(2)3)11-14(15)18-16(19)8-9-17/h6-7,11-12H,4-5,8-10,17H2,1-3H3. The van der Waals surface area contributed by atoms with Crippen LogP contribution in [0.25, 0.3) is 11.0 Å². The van der Waals surface area contributed by atoms with Gasteiger partial charge in [0.05, 0.1) is 17.1 Å². The van der Waals surface area contributed by atoms with Gasteiger partial charge in [0.15, 0.2) is 0 Å². The van der Waals surface area contributed by atoms with E-state index in [1.165, 1.54) is 11.9 Å². The second kappa shape index (κ2) is 6.75. The van der Waals surface area contributed by atoms with Gasteiger partial charge in [-0.25, -0.2) is 4.98 Å². The van der Waals surface area contributed by atoms with Crippen LogP contribution in [0, 0.1) is 0 Å². The zero-order valence-corrected chi connectivity index (χ0v) is 12.7. The number of aryl methyl sites for hydroxylation is 1. The topological polar surface area (TPSA) is 53.1 Å². The first-order valence-electron chi connectivity index (χ1n) is 7.51. The number of ether oxygens (including phenoxy) is 1. The summed E-state index contributed by atoms with van der Waals surface area (Å²) >= 11 is 0.